The van der Waals surface area contributed by atoms with Gasteiger partial charge in [-0.25, -0.2) is 0 Å². The third-order valence-electron chi connectivity index (χ3n) is 4.82. The van der Waals surface area contributed by atoms with E-state index in [0.717, 1.165) is 5.56 Å². The van der Waals surface area contributed by atoms with Gasteiger partial charge in [-0.15, -0.1) is 0 Å². The van der Waals surface area contributed by atoms with Gasteiger partial charge in [-0.2, -0.15) is 0 Å². The first-order chi connectivity index (χ1) is 11.9. The molecule has 0 unspecified atom stereocenters. The van der Waals surface area contributed by atoms with E-state index >= 15 is 0 Å². The molecule has 0 aromatic heterocycles. The molecule has 25 heavy (non-hydrogen) atoms. The molecule has 1 aromatic carbocycles. The van der Waals surface area contributed by atoms with Gasteiger partial charge in [0.15, 0.2) is 0 Å². The van der Waals surface area contributed by atoms with Crippen molar-refractivity contribution in [2.75, 3.05) is 0 Å². The number of carbonyl (C=O) groups excluding carboxylic acids is 2. The van der Waals surface area contributed by atoms with E-state index in [4.69, 9.17) is 9.47 Å². The second kappa shape index (κ2) is 8.99. The van der Waals surface area contributed by atoms with Gasteiger partial charge in [-0.3, -0.25) is 9.59 Å². The zero-order chi connectivity index (χ0) is 18.4. The molecule has 0 bridgehead atoms. The maximum absolute atomic E-state index is 12.5. The molecule has 5 heteroatoms. The van der Waals surface area contributed by atoms with Crippen molar-refractivity contribution >= 4 is 11.9 Å². The van der Waals surface area contributed by atoms with Crippen LogP contribution in [0.25, 0.3) is 0 Å². The Morgan fingerprint density at radius 1 is 1.32 bits per heavy atom. The van der Waals surface area contributed by atoms with Crippen molar-refractivity contribution in [1.82, 2.24) is 0 Å². The van der Waals surface area contributed by atoms with Gasteiger partial charge in [-0.1, -0.05) is 37.3 Å². The molecule has 5 atom stereocenters. The van der Waals surface area contributed by atoms with Gasteiger partial charge >= 0.3 is 11.9 Å². The highest BCUT2D eigenvalue weighted by molar-refractivity contribution is 5.78. The average Bonchev–Trinajstić information content (AvgIpc) is 2.70. The molecule has 5 nitrogen and oxygen atoms in total. The fourth-order valence-electron chi connectivity index (χ4n) is 3.18. The molecule has 1 saturated heterocycles. The number of aliphatic hydroxyl groups is 1. The summed E-state index contributed by atoms with van der Waals surface area (Å²) in [6.45, 7) is 5.44. The quantitative estimate of drug-likeness (QED) is 0.799. The van der Waals surface area contributed by atoms with Crippen molar-refractivity contribution in [2.24, 2.45) is 5.92 Å². The number of hydrogen-bond donors (Lipinski definition) is 1. The van der Waals surface area contributed by atoms with E-state index in [2.05, 4.69) is 0 Å². The highest BCUT2D eigenvalue weighted by atomic mass is 16.6. The Balaban J connectivity index is 1.91. The first-order valence-corrected chi connectivity index (χ1v) is 9.06. The number of carbonyl (C=O) groups is 2. The van der Waals surface area contributed by atoms with Crippen LogP contribution in [0.1, 0.15) is 57.9 Å². The van der Waals surface area contributed by atoms with E-state index < -0.39 is 12.0 Å². The summed E-state index contributed by atoms with van der Waals surface area (Å²) in [5.41, 5.74) is 0.944. The van der Waals surface area contributed by atoms with Crippen LogP contribution in [0.3, 0.4) is 0 Å². The second-order valence-corrected chi connectivity index (χ2v) is 6.85. The Hall–Kier alpha value is -1.88. The summed E-state index contributed by atoms with van der Waals surface area (Å²) in [5.74, 6) is -1.44. The molecule has 1 N–H and O–H groups in total. The summed E-state index contributed by atoms with van der Waals surface area (Å²) in [5, 5.41) is 9.87. The number of hydrogen-bond acceptors (Lipinski definition) is 5. The molecule has 0 radical (unpaired) electrons. The highest BCUT2D eigenvalue weighted by Crippen LogP contribution is 2.25. The maximum Gasteiger partial charge on any atom is 0.313 e. The molecule has 1 fully saturated rings. The molecule has 0 saturated carbocycles. The first kappa shape index (κ1) is 19.4. The van der Waals surface area contributed by atoms with Crippen molar-refractivity contribution in [2.45, 2.75) is 70.7 Å². The lowest BCUT2D eigenvalue weighted by Crippen LogP contribution is -2.28. The van der Waals surface area contributed by atoms with Crippen LogP contribution in [-0.4, -0.2) is 35.4 Å². The topological polar surface area (TPSA) is 72.8 Å². The van der Waals surface area contributed by atoms with Gasteiger partial charge in [0.25, 0.3) is 0 Å². The van der Waals surface area contributed by atoms with E-state index in [1.54, 1.807) is 6.92 Å². The third-order valence-corrected chi connectivity index (χ3v) is 4.82. The minimum absolute atomic E-state index is 0.255. The van der Waals surface area contributed by atoms with Crippen LogP contribution >= 0.6 is 0 Å². The maximum atomic E-state index is 12.5. The van der Waals surface area contributed by atoms with Gasteiger partial charge in [-0.05, 0) is 38.7 Å². The molecule has 1 aliphatic heterocycles. The normalized spacial score (nSPS) is 26.2. The molecule has 1 aliphatic rings. The molecule has 0 amide bonds. The number of ether oxygens (including phenoxy) is 2. The predicted molar refractivity (Wildman–Crippen MR) is 93.9 cm³/mol. The molecule has 0 spiro atoms. The summed E-state index contributed by atoms with van der Waals surface area (Å²) < 4.78 is 11.0. The first-order valence-electron chi connectivity index (χ1n) is 9.06. The van der Waals surface area contributed by atoms with Gasteiger partial charge < -0.3 is 14.6 Å². The van der Waals surface area contributed by atoms with Crippen molar-refractivity contribution in [3.63, 3.8) is 0 Å². The third kappa shape index (κ3) is 5.30. The van der Waals surface area contributed by atoms with E-state index in [9.17, 15) is 14.7 Å². The summed E-state index contributed by atoms with van der Waals surface area (Å²) in [6, 6.07) is 9.59. The molecule has 0 aliphatic carbocycles. The molecule has 1 heterocycles. The lowest BCUT2D eigenvalue weighted by atomic mass is 9.96. The zero-order valence-corrected chi connectivity index (χ0v) is 15.2. The van der Waals surface area contributed by atoms with Crippen LogP contribution in [0, 0.1) is 5.92 Å². The summed E-state index contributed by atoms with van der Waals surface area (Å²) in [6.07, 6.45) is 0.854. The van der Waals surface area contributed by atoms with Gasteiger partial charge in [0.05, 0.1) is 17.9 Å². The minimum atomic E-state index is -0.669. The standard InChI is InChI=1S/C20H28O5/c1-4-17(15-8-6-5-7-9-15)20(23)24-13(2)12-16-10-11-18(21)14(3)19(22)25-16/h5-9,13-14,16-18,21H,4,10-12H2,1-3H3/t13-,14+,16-,17-,18-/m0/s1. The van der Waals surface area contributed by atoms with Crippen LogP contribution < -0.4 is 0 Å². The molecule has 2 rings (SSSR count). The smallest absolute Gasteiger partial charge is 0.313 e. The lowest BCUT2D eigenvalue weighted by molar-refractivity contribution is -0.158. The van der Waals surface area contributed by atoms with E-state index in [0.29, 0.717) is 25.7 Å². The van der Waals surface area contributed by atoms with Gasteiger partial charge in [0.1, 0.15) is 12.2 Å². The van der Waals surface area contributed by atoms with E-state index in [1.165, 1.54) is 0 Å². The van der Waals surface area contributed by atoms with Crippen LogP contribution in [0.5, 0.6) is 0 Å². The summed E-state index contributed by atoms with van der Waals surface area (Å²) in [7, 11) is 0. The van der Waals surface area contributed by atoms with Crippen molar-refractivity contribution in [3.8, 4) is 0 Å². The van der Waals surface area contributed by atoms with Crippen molar-refractivity contribution in [1.29, 1.82) is 0 Å². The monoisotopic (exact) mass is 348 g/mol. The van der Waals surface area contributed by atoms with E-state index in [1.807, 2.05) is 44.2 Å². The zero-order valence-electron chi connectivity index (χ0n) is 15.2. The number of rotatable bonds is 6. The largest absolute Gasteiger partial charge is 0.462 e. The fraction of sp³-hybridized carbons (Fsp3) is 0.600. The predicted octanol–water partition coefficient (Wildman–Crippen LogP) is 3.20. The number of esters is 2. The second-order valence-electron chi connectivity index (χ2n) is 6.85. The average molecular weight is 348 g/mol. The highest BCUT2D eigenvalue weighted by Gasteiger charge is 2.32. The lowest BCUT2D eigenvalue weighted by Gasteiger charge is -2.22. The molecular weight excluding hydrogens is 320 g/mol. The molecular formula is C20H28O5. The van der Waals surface area contributed by atoms with Crippen LogP contribution in [0.4, 0.5) is 0 Å². The Kier molecular flexibility index (Phi) is 7.00. The Morgan fingerprint density at radius 2 is 2.00 bits per heavy atom. The molecule has 1 aromatic rings. The summed E-state index contributed by atoms with van der Waals surface area (Å²) in [4.78, 5) is 24.4. The Morgan fingerprint density at radius 3 is 2.64 bits per heavy atom. The minimum Gasteiger partial charge on any atom is -0.462 e. The van der Waals surface area contributed by atoms with Gasteiger partial charge in [0.2, 0.25) is 0 Å². The van der Waals surface area contributed by atoms with Crippen molar-refractivity contribution < 1.29 is 24.2 Å². The number of cyclic esters (lactones) is 1. The van der Waals surface area contributed by atoms with E-state index in [-0.39, 0.29) is 30.1 Å². The SMILES string of the molecule is CC[C@H](C(=O)O[C@@H](C)C[C@@H]1CC[C@H](O)[C@@H](C)C(=O)O1)c1ccccc1. The van der Waals surface area contributed by atoms with Gasteiger partial charge in [0, 0.05) is 6.42 Å². The molecule has 138 valence electrons. The summed E-state index contributed by atoms with van der Waals surface area (Å²) >= 11 is 0. The number of benzene rings is 1. The number of aliphatic hydroxyl groups excluding tert-OH is 1. The van der Waals surface area contributed by atoms with Crippen LogP contribution in [0.2, 0.25) is 0 Å². The Labute approximate surface area is 149 Å². The van der Waals surface area contributed by atoms with Crippen molar-refractivity contribution in [3.05, 3.63) is 35.9 Å². The Bertz CT molecular complexity index is 571. The van der Waals surface area contributed by atoms with Crippen LogP contribution in [0.15, 0.2) is 30.3 Å². The fourth-order valence-corrected chi connectivity index (χ4v) is 3.18. The van der Waals surface area contributed by atoms with Crippen LogP contribution in [-0.2, 0) is 19.1 Å².